The zero-order valence-corrected chi connectivity index (χ0v) is 12.1. The van der Waals surface area contributed by atoms with Gasteiger partial charge >= 0.3 is 0 Å². The zero-order valence-electron chi connectivity index (χ0n) is 9.24. The number of hydrogen-bond donors (Lipinski definition) is 1. The molecule has 0 heterocycles. The van der Waals surface area contributed by atoms with Crippen molar-refractivity contribution in [1.29, 1.82) is 0 Å². The Morgan fingerprint density at radius 2 is 1.92 bits per heavy atom. The third-order valence-electron chi connectivity index (χ3n) is 2.26. The van der Waals surface area contributed by atoms with Crippen LogP contribution in [0.3, 0.4) is 0 Å². The summed E-state index contributed by atoms with van der Waals surface area (Å²) in [6.07, 6.45) is 2.63. The lowest BCUT2D eigenvalue weighted by atomic mass is 10.0. The molecule has 0 aliphatic carbocycles. The van der Waals surface area contributed by atoms with Crippen LogP contribution in [0, 0.1) is 0 Å². The predicted octanol–water partition coefficient (Wildman–Crippen LogP) is 1.29. The maximum Gasteiger partial charge on any atom is 0.0918 e. The van der Waals surface area contributed by atoms with Gasteiger partial charge in [0.15, 0.2) is 0 Å². The molecule has 1 nitrogen and oxygen atoms in total. The van der Waals surface area contributed by atoms with E-state index in [9.17, 15) is 0 Å². The van der Waals surface area contributed by atoms with E-state index in [4.69, 9.17) is 0 Å². The number of hydrogen-bond acceptors (Lipinski definition) is 1. The van der Waals surface area contributed by atoms with Gasteiger partial charge in [0.2, 0.25) is 0 Å². The highest BCUT2D eigenvalue weighted by Gasteiger charge is 2.13. The molecule has 0 rings (SSSR count). The second kappa shape index (κ2) is 6.86. The average molecular weight is 203 g/mol. The lowest BCUT2D eigenvalue weighted by Crippen LogP contribution is -2.41. The highest BCUT2D eigenvalue weighted by atomic mass is 28.2. The highest BCUT2D eigenvalue weighted by Crippen LogP contribution is 2.09. The molecule has 0 aromatic heterocycles. The summed E-state index contributed by atoms with van der Waals surface area (Å²) in [4.78, 5) is 3.76. The average Bonchev–Trinajstić information content (AvgIpc) is 1.98. The van der Waals surface area contributed by atoms with Crippen molar-refractivity contribution in [2.75, 3.05) is 0 Å². The Labute approximate surface area is 82.4 Å². The largest absolute Gasteiger partial charge is 0.337 e. The molecule has 0 atom stereocenters. The Hall–Kier alpha value is 0.394. The topological polar surface area (TPSA) is 12.0 Å². The van der Waals surface area contributed by atoms with E-state index < -0.39 is 0 Å². The van der Waals surface area contributed by atoms with Crippen LogP contribution in [0.4, 0.5) is 0 Å². The summed E-state index contributed by atoms with van der Waals surface area (Å²) in [5.74, 6) is 0. The summed E-state index contributed by atoms with van der Waals surface area (Å²) in [5.41, 5.74) is 0.427. The van der Waals surface area contributed by atoms with Crippen LogP contribution in [0.25, 0.3) is 0 Å². The molecule has 0 saturated heterocycles. The molecular weight excluding hydrogens is 178 g/mol. The molecule has 0 unspecified atom stereocenters. The lowest BCUT2D eigenvalue weighted by Gasteiger charge is -2.25. The van der Waals surface area contributed by atoms with Crippen molar-refractivity contribution >= 4 is 19.2 Å². The van der Waals surface area contributed by atoms with Gasteiger partial charge in [0.25, 0.3) is 0 Å². The summed E-state index contributed by atoms with van der Waals surface area (Å²) < 4.78 is 0. The second-order valence-electron chi connectivity index (χ2n) is 4.27. The van der Waals surface area contributed by atoms with E-state index in [0.717, 1.165) is 0 Å². The Bertz CT molecular complexity index is 105. The summed E-state index contributed by atoms with van der Waals surface area (Å²) in [7, 11) is 0.394. The van der Waals surface area contributed by atoms with Gasteiger partial charge in [-0.15, -0.1) is 0 Å². The minimum absolute atomic E-state index is 0.0606. The van der Waals surface area contributed by atoms with E-state index in [0.29, 0.717) is 15.1 Å². The molecule has 0 aliphatic heterocycles. The van der Waals surface area contributed by atoms with E-state index in [1.54, 1.807) is 6.04 Å². The van der Waals surface area contributed by atoms with Crippen LogP contribution in [-0.2, 0) is 0 Å². The maximum atomic E-state index is 3.76. The van der Waals surface area contributed by atoms with Crippen LogP contribution in [0.2, 0.25) is 18.6 Å². The molecule has 0 aromatic carbocycles. The molecule has 0 aromatic rings. The van der Waals surface area contributed by atoms with E-state index in [1.165, 1.54) is 18.9 Å². The molecule has 0 fully saturated rings. The fourth-order valence-corrected chi connectivity index (χ4v) is 5.55. The second-order valence-corrected chi connectivity index (χ2v) is 7.54. The fraction of sp³-hybridized carbons (Fsp3) is 1.00. The highest BCUT2D eigenvalue weighted by molar-refractivity contribution is 6.39. The SMILES string of the molecule is CCCC(C)(C)N[SiH2]CC[SiH2]C. The van der Waals surface area contributed by atoms with Crippen molar-refractivity contribution in [3.8, 4) is 0 Å². The third kappa shape index (κ3) is 7.07. The summed E-state index contributed by atoms with van der Waals surface area (Å²) in [5, 5.41) is 0. The van der Waals surface area contributed by atoms with Crippen LogP contribution >= 0.6 is 0 Å². The molecule has 0 bridgehead atoms. The van der Waals surface area contributed by atoms with Gasteiger partial charge in [-0.2, -0.15) is 0 Å². The molecule has 0 amide bonds. The van der Waals surface area contributed by atoms with Gasteiger partial charge in [-0.25, -0.2) is 0 Å². The van der Waals surface area contributed by atoms with Crippen LogP contribution < -0.4 is 4.98 Å². The van der Waals surface area contributed by atoms with Gasteiger partial charge in [0.1, 0.15) is 0 Å². The maximum absolute atomic E-state index is 3.76. The van der Waals surface area contributed by atoms with Crippen molar-refractivity contribution in [2.45, 2.75) is 57.8 Å². The van der Waals surface area contributed by atoms with Crippen LogP contribution in [0.5, 0.6) is 0 Å². The minimum atomic E-state index is 0.0606. The van der Waals surface area contributed by atoms with E-state index in [2.05, 4.69) is 32.3 Å². The van der Waals surface area contributed by atoms with Gasteiger partial charge in [0.05, 0.1) is 9.68 Å². The first kappa shape index (κ1) is 12.4. The Kier molecular flexibility index (Phi) is 7.09. The Balaban J connectivity index is 3.33. The van der Waals surface area contributed by atoms with Crippen LogP contribution in [0.15, 0.2) is 0 Å². The summed E-state index contributed by atoms with van der Waals surface area (Å²) >= 11 is 0. The molecule has 74 valence electrons. The first-order valence-electron chi connectivity index (χ1n) is 5.37. The van der Waals surface area contributed by atoms with E-state index in [-0.39, 0.29) is 9.68 Å². The quantitative estimate of drug-likeness (QED) is 0.486. The minimum Gasteiger partial charge on any atom is -0.337 e. The first-order chi connectivity index (χ1) is 5.62. The molecule has 0 aliphatic rings. The van der Waals surface area contributed by atoms with Crippen LogP contribution in [-0.4, -0.2) is 24.7 Å². The molecule has 0 spiro atoms. The van der Waals surface area contributed by atoms with Gasteiger partial charge < -0.3 is 4.98 Å². The van der Waals surface area contributed by atoms with Crippen molar-refractivity contribution in [3.63, 3.8) is 0 Å². The molecule has 0 saturated carbocycles. The molecule has 0 radical (unpaired) electrons. The van der Waals surface area contributed by atoms with Crippen molar-refractivity contribution in [1.82, 2.24) is 4.98 Å². The van der Waals surface area contributed by atoms with Crippen molar-refractivity contribution in [3.05, 3.63) is 0 Å². The molecule has 1 N–H and O–H groups in total. The Morgan fingerprint density at radius 1 is 1.25 bits per heavy atom. The third-order valence-corrected chi connectivity index (χ3v) is 6.53. The van der Waals surface area contributed by atoms with Gasteiger partial charge in [0, 0.05) is 15.1 Å². The number of nitrogens with one attached hydrogen (secondary N) is 1. The summed E-state index contributed by atoms with van der Waals surface area (Å²) in [6, 6.07) is 3.08. The summed E-state index contributed by atoms with van der Waals surface area (Å²) in [6.45, 7) is 9.36. The molecule has 12 heavy (non-hydrogen) atoms. The van der Waals surface area contributed by atoms with E-state index >= 15 is 0 Å². The Morgan fingerprint density at radius 3 is 2.42 bits per heavy atom. The molecule has 3 heteroatoms. The number of rotatable bonds is 7. The molecular formula is C9H25NSi2. The van der Waals surface area contributed by atoms with Crippen molar-refractivity contribution < 1.29 is 0 Å². The van der Waals surface area contributed by atoms with Gasteiger partial charge in [-0.3, -0.25) is 0 Å². The standard InChI is InChI=1S/C9H25NSi2/c1-5-6-9(2,3)10-12-8-7-11-4/h10H,5-8,11-12H2,1-4H3. The fourth-order valence-electron chi connectivity index (χ4n) is 1.52. The predicted molar refractivity (Wildman–Crippen MR) is 64.7 cm³/mol. The van der Waals surface area contributed by atoms with Gasteiger partial charge in [-0.1, -0.05) is 32.0 Å². The first-order valence-corrected chi connectivity index (χ1v) is 9.49. The zero-order chi connectivity index (χ0) is 9.45. The normalized spacial score (nSPS) is 14.0. The van der Waals surface area contributed by atoms with Crippen LogP contribution in [0.1, 0.15) is 33.6 Å². The lowest BCUT2D eigenvalue weighted by molar-refractivity contribution is 0.428. The smallest absolute Gasteiger partial charge is 0.0918 e. The van der Waals surface area contributed by atoms with Crippen molar-refractivity contribution in [2.24, 2.45) is 0 Å². The van der Waals surface area contributed by atoms with Gasteiger partial charge in [-0.05, 0) is 20.3 Å². The van der Waals surface area contributed by atoms with E-state index in [1.807, 2.05) is 0 Å². The monoisotopic (exact) mass is 203 g/mol.